The normalized spacial score (nSPS) is 10.4. The first-order valence-electron chi connectivity index (χ1n) is 5.78. The molecule has 1 rings (SSSR count). The lowest BCUT2D eigenvalue weighted by atomic mass is 10.2. The number of nitrogens with one attached hydrogen (secondary N) is 1. The van der Waals surface area contributed by atoms with E-state index < -0.39 is 0 Å². The molecule has 0 aromatic heterocycles. The van der Waals surface area contributed by atoms with Gasteiger partial charge in [0.25, 0.3) is 0 Å². The Morgan fingerprint density at radius 2 is 2.00 bits per heavy atom. The molecule has 0 saturated carbocycles. The molecule has 0 heterocycles. The molecular weight excluding hydrogens is 266 g/mol. The third kappa shape index (κ3) is 5.52. The largest absolute Gasteiger partial charge is 0.383 e. The SMILES string of the molecule is Cc1ccccc1NCCOCCCCBr. The molecule has 0 amide bonds. The maximum atomic E-state index is 5.51. The molecule has 0 spiro atoms. The summed E-state index contributed by atoms with van der Waals surface area (Å²) >= 11 is 3.40. The predicted molar refractivity (Wildman–Crippen MR) is 73.5 cm³/mol. The molecule has 0 aliphatic carbocycles. The van der Waals surface area contributed by atoms with Crippen LogP contribution in [0, 0.1) is 6.92 Å². The number of unbranched alkanes of at least 4 members (excludes halogenated alkanes) is 1. The number of aryl methyl sites for hydroxylation is 1. The monoisotopic (exact) mass is 285 g/mol. The van der Waals surface area contributed by atoms with Gasteiger partial charge in [-0.05, 0) is 31.4 Å². The van der Waals surface area contributed by atoms with Crippen LogP contribution < -0.4 is 5.32 Å². The van der Waals surface area contributed by atoms with Crippen LogP contribution in [-0.4, -0.2) is 25.1 Å². The Balaban J connectivity index is 2.05. The van der Waals surface area contributed by atoms with Gasteiger partial charge in [0.2, 0.25) is 0 Å². The predicted octanol–water partition coefficient (Wildman–Crippen LogP) is 3.60. The molecular formula is C13H20BrNO. The van der Waals surface area contributed by atoms with Gasteiger partial charge in [0, 0.05) is 24.2 Å². The molecule has 90 valence electrons. The highest BCUT2D eigenvalue weighted by Gasteiger charge is 1.95. The summed E-state index contributed by atoms with van der Waals surface area (Å²) in [7, 11) is 0. The molecule has 0 aliphatic rings. The lowest BCUT2D eigenvalue weighted by molar-refractivity contribution is 0.141. The van der Waals surface area contributed by atoms with Crippen LogP contribution in [-0.2, 0) is 4.74 Å². The quantitative estimate of drug-likeness (QED) is 0.582. The van der Waals surface area contributed by atoms with Crippen molar-refractivity contribution in [3.05, 3.63) is 29.8 Å². The molecule has 0 aliphatic heterocycles. The van der Waals surface area contributed by atoms with Gasteiger partial charge in [-0.1, -0.05) is 34.1 Å². The number of para-hydroxylation sites is 1. The summed E-state index contributed by atoms with van der Waals surface area (Å²) in [4.78, 5) is 0. The van der Waals surface area contributed by atoms with Crippen molar-refractivity contribution in [3.8, 4) is 0 Å². The zero-order valence-corrected chi connectivity index (χ0v) is 11.4. The second-order valence-corrected chi connectivity index (χ2v) is 4.54. The third-order valence-corrected chi connectivity index (χ3v) is 2.94. The lowest BCUT2D eigenvalue weighted by Crippen LogP contribution is -2.10. The number of anilines is 1. The average Bonchev–Trinajstić information content (AvgIpc) is 2.30. The van der Waals surface area contributed by atoms with Crippen LogP contribution in [0.3, 0.4) is 0 Å². The Kier molecular flexibility index (Phi) is 7.26. The van der Waals surface area contributed by atoms with E-state index in [0.29, 0.717) is 0 Å². The molecule has 0 saturated heterocycles. The molecule has 1 aromatic rings. The van der Waals surface area contributed by atoms with E-state index in [2.05, 4.69) is 46.4 Å². The van der Waals surface area contributed by atoms with Crippen LogP contribution in [0.15, 0.2) is 24.3 Å². The number of alkyl halides is 1. The first-order valence-corrected chi connectivity index (χ1v) is 6.90. The average molecular weight is 286 g/mol. The van der Waals surface area contributed by atoms with Crippen LogP contribution in [0.5, 0.6) is 0 Å². The molecule has 1 aromatic carbocycles. The highest BCUT2D eigenvalue weighted by atomic mass is 79.9. The summed E-state index contributed by atoms with van der Waals surface area (Å²) in [5.74, 6) is 0. The molecule has 3 heteroatoms. The highest BCUT2D eigenvalue weighted by molar-refractivity contribution is 9.09. The third-order valence-electron chi connectivity index (χ3n) is 2.38. The number of benzene rings is 1. The Labute approximate surface area is 107 Å². The van der Waals surface area contributed by atoms with Crippen LogP contribution in [0.1, 0.15) is 18.4 Å². The van der Waals surface area contributed by atoms with Gasteiger partial charge in [0.15, 0.2) is 0 Å². The van der Waals surface area contributed by atoms with Gasteiger partial charge in [0.05, 0.1) is 6.61 Å². The molecule has 2 nitrogen and oxygen atoms in total. The number of hydrogen-bond donors (Lipinski definition) is 1. The van der Waals surface area contributed by atoms with Crippen molar-refractivity contribution >= 4 is 21.6 Å². The Morgan fingerprint density at radius 1 is 1.19 bits per heavy atom. The van der Waals surface area contributed by atoms with Gasteiger partial charge in [-0.25, -0.2) is 0 Å². The molecule has 0 fully saturated rings. The highest BCUT2D eigenvalue weighted by Crippen LogP contribution is 2.12. The Morgan fingerprint density at radius 3 is 2.75 bits per heavy atom. The van der Waals surface area contributed by atoms with Crippen LogP contribution in [0.4, 0.5) is 5.69 Å². The van der Waals surface area contributed by atoms with E-state index in [9.17, 15) is 0 Å². The molecule has 0 atom stereocenters. The molecule has 0 bridgehead atoms. The van der Waals surface area contributed by atoms with Crippen molar-refractivity contribution in [1.82, 2.24) is 0 Å². The molecule has 1 N–H and O–H groups in total. The number of rotatable bonds is 8. The fourth-order valence-corrected chi connectivity index (χ4v) is 1.83. The summed E-state index contributed by atoms with van der Waals surface area (Å²) < 4.78 is 5.51. The first kappa shape index (κ1) is 13.5. The maximum Gasteiger partial charge on any atom is 0.0639 e. The summed E-state index contributed by atoms with van der Waals surface area (Å²) in [6.07, 6.45) is 2.32. The van der Waals surface area contributed by atoms with Crippen LogP contribution in [0.2, 0.25) is 0 Å². The summed E-state index contributed by atoms with van der Waals surface area (Å²) in [6.45, 7) is 4.62. The van der Waals surface area contributed by atoms with E-state index in [1.165, 1.54) is 17.7 Å². The Hall–Kier alpha value is -0.540. The van der Waals surface area contributed by atoms with Crippen molar-refractivity contribution in [3.63, 3.8) is 0 Å². The van der Waals surface area contributed by atoms with E-state index in [-0.39, 0.29) is 0 Å². The van der Waals surface area contributed by atoms with Gasteiger partial charge in [0.1, 0.15) is 0 Å². The number of halogens is 1. The minimum Gasteiger partial charge on any atom is -0.383 e. The van der Waals surface area contributed by atoms with Crippen LogP contribution >= 0.6 is 15.9 Å². The van der Waals surface area contributed by atoms with Crippen molar-refractivity contribution in [2.75, 3.05) is 30.4 Å². The van der Waals surface area contributed by atoms with Gasteiger partial charge in [-0.15, -0.1) is 0 Å². The second kappa shape index (κ2) is 8.59. The standard InChI is InChI=1S/C13H20BrNO/c1-12-6-2-3-7-13(12)15-9-11-16-10-5-4-8-14/h2-3,6-7,15H,4-5,8-11H2,1H3. The molecule has 16 heavy (non-hydrogen) atoms. The fraction of sp³-hybridized carbons (Fsp3) is 0.538. The summed E-state index contributed by atoms with van der Waals surface area (Å²) in [5, 5.41) is 4.44. The number of hydrogen-bond acceptors (Lipinski definition) is 2. The topological polar surface area (TPSA) is 21.3 Å². The molecule has 0 radical (unpaired) electrons. The summed E-state index contributed by atoms with van der Waals surface area (Å²) in [5.41, 5.74) is 2.48. The van der Waals surface area contributed by atoms with Crippen molar-refractivity contribution in [1.29, 1.82) is 0 Å². The zero-order chi connectivity index (χ0) is 11.6. The van der Waals surface area contributed by atoms with E-state index >= 15 is 0 Å². The van der Waals surface area contributed by atoms with Gasteiger partial charge in [-0.3, -0.25) is 0 Å². The van der Waals surface area contributed by atoms with Gasteiger partial charge < -0.3 is 10.1 Å². The maximum absolute atomic E-state index is 5.51. The minimum atomic E-state index is 0.774. The molecule has 0 unspecified atom stereocenters. The lowest BCUT2D eigenvalue weighted by Gasteiger charge is -2.09. The van der Waals surface area contributed by atoms with E-state index in [0.717, 1.165) is 31.5 Å². The van der Waals surface area contributed by atoms with E-state index in [1.807, 2.05) is 6.07 Å². The van der Waals surface area contributed by atoms with E-state index in [1.54, 1.807) is 0 Å². The van der Waals surface area contributed by atoms with Gasteiger partial charge in [-0.2, -0.15) is 0 Å². The summed E-state index contributed by atoms with van der Waals surface area (Å²) in [6, 6.07) is 8.31. The number of ether oxygens (including phenoxy) is 1. The zero-order valence-electron chi connectivity index (χ0n) is 9.84. The second-order valence-electron chi connectivity index (χ2n) is 3.75. The van der Waals surface area contributed by atoms with E-state index in [4.69, 9.17) is 4.74 Å². The van der Waals surface area contributed by atoms with Crippen LogP contribution in [0.25, 0.3) is 0 Å². The Bertz CT molecular complexity index is 291. The van der Waals surface area contributed by atoms with Crippen molar-refractivity contribution in [2.45, 2.75) is 19.8 Å². The van der Waals surface area contributed by atoms with Gasteiger partial charge >= 0.3 is 0 Å². The van der Waals surface area contributed by atoms with Crippen molar-refractivity contribution in [2.24, 2.45) is 0 Å². The first-order chi connectivity index (χ1) is 7.84. The smallest absolute Gasteiger partial charge is 0.0639 e. The minimum absolute atomic E-state index is 0.774. The fourth-order valence-electron chi connectivity index (χ4n) is 1.43. The van der Waals surface area contributed by atoms with Crippen molar-refractivity contribution < 1.29 is 4.74 Å².